The van der Waals surface area contributed by atoms with E-state index >= 15 is 0 Å². The van der Waals surface area contributed by atoms with Crippen molar-refractivity contribution >= 4 is 5.69 Å². The summed E-state index contributed by atoms with van der Waals surface area (Å²) in [7, 11) is 0. The van der Waals surface area contributed by atoms with Crippen LogP contribution in [0, 0.1) is 29.6 Å². The van der Waals surface area contributed by atoms with Gasteiger partial charge in [0, 0.05) is 53.3 Å². The Morgan fingerprint density at radius 3 is 2.41 bits per heavy atom. The molecule has 1 saturated carbocycles. The van der Waals surface area contributed by atoms with Crippen molar-refractivity contribution in [3.05, 3.63) is 162 Å². The van der Waals surface area contributed by atoms with Gasteiger partial charge in [0.2, 0.25) is 0 Å². The van der Waals surface area contributed by atoms with E-state index < -0.39 is 0 Å². The molecule has 3 saturated heterocycles. The summed E-state index contributed by atoms with van der Waals surface area (Å²) < 4.78 is 0. The fourth-order valence-electron chi connectivity index (χ4n) is 12.7. The molecule has 1 N–H and O–H groups in total. The third-order valence-electron chi connectivity index (χ3n) is 15.0. The van der Waals surface area contributed by atoms with Crippen molar-refractivity contribution in [1.82, 2.24) is 15.1 Å². The van der Waals surface area contributed by atoms with Gasteiger partial charge < -0.3 is 9.80 Å². The lowest BCUT2D eigenvalue weighted by atomic mass is 9.69. The third-order valence-corrected chi connectivity index (χ3v) is 15.0. The second-order valence-electron chi connectivity index (χ2n) is 17.6. The first-order valence-corrected chi connectivity index (χ1v) is 21.5. The number of likely N-dealkylation sites (tertiary alicyclic amines) is 2. The zero-order valence-corrected chi connectivity index (χ0v) is 31.6. The molecule has 2 aromatic carbocycles. The van der Waals surface area contributed by atoms with E-state index in [1.54, 1.807) is 11.3 Å². The molecule has 0 spiro atoms. The topological polar surface area (TPSA) is 21.8 Å². The number of hydrogen-bond acceptors (Lipinski definition) is 4. The summed E-state index contributed by atoms with van der Waals surface area (Å²) in [6.07, 6.45) is 46.0. The molecule has 0 aromatic heterocycles. The molecule has 3 aliphatic heterocycles. The Bertz CT molecular complexity index is 1960. The number of nitrogens with one attached hydrogen (secondary N) is 1. The standard InChI is InChI=1S/C50H56N4/c1-4-15-34(16-5-1)49-51-50(54(49)39-20-8-3-9-21-39)37-17-14-22-40(31-37)53-46-26-13-11-24-42(46)44-33-36(28-30-48(44)53)35-27-29-47-43(32-35)41-23-10-12-25-45(41)52(47)38-18-6-2-7-19-38/h1,3-5,8-12,14-18,20-25,28,30,33,35,40-51H,2,6-7,13,19,26-27,29,31-32H2. The Hall–Kier alpha value is -4.12. The van der Waals surface area contributed by atoms with E-state index in [4.69, 9.17) is 0 Å². The minimum absolute atomic E-state index is 0.181. The molecule has 0 amide bonds. The van der Waals surface area contributed by atoms with Crippen molar-refractivity contribution < 1.29 is 0 Å². The smallest absolute Gasteiger partial charge is 0.109 e. The van der Waals surface area contributed by atoms with Gasteiger partial charge in [-0.3, -0.25) is 10.2 Å². The summed E-state index contributed by atoms with van der Waals surface area (Å²) in [5, 5.41) is 3.99. The Morgan fingerprint density at radius 2 is 1.54 bits per heavy atom. The van der Waals surface area contributed by atoms with Gasteiger partial charge in [-0.15, -0.1) is 0 Å². The van der Waals surface area contributed by atoms with E-state index in [0.717, 1.165) is 12.3 Å². The van der Waals surface area contributed by atoms with E-state index in [9.17, 15) is 0 Å². The zero-order chi connectivity index (χ0) is 35.6. The van der Waals surface area contributed by atoms with E-state index in [0.29, 0.717) is 53.9 Å². The van der Waals surface area contributed by atoms with Gasteiger partial charge in [0.25, 0.3) is 0 Å². The highest BCUT2D eigenvalue weighted by molar-refractivity contribution is 5.56. The van der Waals surface area contributed by atoms with Crippen LogP contribution in [0.25, 0.3) is 0 Å². The Balaban J connectivity index is 0.831. The minimum atomic E-state index is 0.181. The monoisotopic (exact) mass is 712 g/mol. The predicted octanol–water partition coefficient (Wildman–Crippen LogP) is 10.2. The molecule has 6 aliphatic carbocycles. The second-order valence-corrected chi connectivity index (χ2v) is 17.6. The number of nitrogens with zero attached hydrogens (tertiary/aromatic N) is 3. The van der Waals surface area contributed by atoms with Crippen LogP contribution in [0.2, 0.25) is 0 Å². The van der Waals surface area contributed by atoms with Crippen LogP contribution in [0.3, 0.4) is 0 Å². The molecule has 4 fully saturated rings. The van der Waals surface area contributed by atoms with Crippen molar-refractivity contribution in [2.24, 2.45) is 29.6 Å². The summed E-state index contributed by atoms with van der Waals surface area (Å²) in [6.45, 7) is 0. The number of para-hydroxylation sites is 1. The van der Waals surface area contributed by atoms with Crippen molar-refractivity contribution in [1.29, 1.82) is 0 Å². The average molecular weight is 713 g/mol. The summed E-state index contributed by atoms with van der Waals surface area (Å²) in [6, 6.07) is 24.7. The van der Waals surface area contributed by atoms with Crippen LogP contribution in [0.15, 0.2) is 156 Å². The van der Waals surface area contributed by atoms with Gasteiger partial charge in [-0.1, -0.05) is 128 Å². The van der Waals surface area contributed by atoms with Crippen LogP contribution in [0.1, 0.15) is 75.9 Å². The summed E-state index contributed by atoms with van der Waals surface area (Å²) in [5.41, 5.74) is 7.42. The number of allylic oxidation sites excluding steroid dienone is 9. The fourth-order valence-corrected chi connectivity index (χ4v) is 12.7. The van der Waals surface area contributed by atoms with Crippen molar-refractivity contribution in [2.75, 3.05) is 4.90 Å². The van der Waals surface area contributed by atoms with Crippen molar-refractivity contribution in [2.45, 2.75) is 107 Å². The van der Waals surface area contributed by atoms with Gasteiger partial charge in [-0.2, -0.15) is 0 Å². The van der Waals surface area contributed by atoms with E-state index in [1.807, 2.05) is 0 Å². The highest BCUT2D eigenvalue weighted by Crippen LogP contribution is 2.53. The second kappa shape index (κ2) is 13.9. The van der Waals surface area contributed by atoms with Crippen LogP contribution in [0.4, 0.5) is 5.69 Å². The maximum absolute atomic E-state index is 3.99. The third kappa shape index (κ3) is 5.54. The summed E-state index contributed by atoms with van der Waals surface area (Å²) >= 11 is 0. The lowest BCUT2D eigenvalue weighted by molar-refractivity contribution is 0.150. The molecule has 4 heteroatoms. The Morgan fingerprint density at radius 1 is 0.667 bits per heavy atom. The van der Waals surface area contributed by atoms with Gasteiger partial charge in [0.15, 0.2) is 0 Å². The van der Waals surface area contributed by atoms with Gasteiger partial charge in [-0.25, -0.2) is 0 Å². The number of rotatable bonds is 6. The molecule has 0 bridgehead atoms. The molecular weight excluding hydrogens is 657 g/mol. The van der Waals surface area contributed by atoms with Crippen molar-refractivity contribution in [3.63, 3.8) is 0 Å². The largest absolute Gasteiger partial charge is 0.365 e. The summed E-state index contributed by atoms with van der Waals surface area (Å²) in [5.74, 6) is 3.25. The molecule has 9 aliphatic rings. The number of anilines is 1. The van der Waals surface area contributed by atoms with Crippen LogP contribution in [0.5, 0.6) is 0 Å². The SMILES string of the molecule is C1=CC2C3CC(C4=CC5C6C=CCCC6N(C6C=CC=C(C7NC(c8ccccc8)N7c7ccccc7)C6)C5C=C4)CCC3N(C3=CCCCC3)C2C=C1. The van der Waals surface area contributed by atoms with Crippen molar-refractivity contribution in [3.8, 4) is 0 Å². The van der Waals surface area contributed by atoms with E-state index in [1.165, 1.54) is 74.6 Å². The van der Waals surface area contributed by atoms with Gasteiger partial charge >= 0.3 is 0 Å². The molecule has 3 heterocycles. The molecular formula is C50H56N4. The molecule has 4 nitrogen and oxygen atoms in total. The van der Waals surface area contributed by atoms with Crippen LogP contribution in [-0.4, -0.2) is 46.2 Å². The molecule has 11 rings (SSSR count). The lowest BCUT2D eigenvalue weighted by Crippen LogP contribution is -2.65. The normalized spacial score (nSPS) is 39.2. The summed E-state index contributed by atoms with van der Waals surface area (Å²) in [4.78, 5) is 8.47. The van der Waals surface area contributed by atoms with Crippen LogP contribution >= 0.6 is 0 Å². The Labute approximate surface area is 323 Å². The number of hydrogen-bond donors (Lipinski definition) is 1. The van der Waals surface area contributed by atoms with E-state index in [2.05, 4.69) is 160 Å². The van der Waals surface area contributed by atoms with Gasteiger partial charge in [-0.05, 0) is 105 Å². The first-order chi connectivity index (χ1) is 26.8. The molecule has 54 heavy (non-hydrogen) atoms. The minimum Gasteiger partial charge on any atom is -0.365 e. The molecule has 0 radical (unpaired) electrons. The van der Waals surface area contributed by atoms with Gasteiger partial charge in [0.1, 0.15) is 12.3 Å². The molecule has 2 aromatic rings. The fraction of sp³-hybridized carbons (Fsp3) is 0.440. The highest BCUT2D eigenvalue weighted by Gasteiger charge is 2.53. The quantitative estimate of drug-likeness (QED) is 0.301. The lowest BCUT2D eigenvalue weighted by Gasteiger charge is -2.53. The van der Waals surface area contributed by atoms with Crippen LogP contribution in [-0.2, 0) is 0 Å². The number of fused-ring (bicyclic) bond motifs is 6. The van der Waals surface area contributed by atoms with E-state index in [-0.39, 0.29) is 12.3 Å². The highest BCUT2D eigenvalue weighted by atomic mass is 15.5. The molecule has 12 unspecified atom stereocenters. The zero-order valence-electron chi connectivity index (χ0n) is 31.6. The maximum Gasteiger partial charge on any atom is 0.109 e. The Kier molecular flexibility index (Phi) is 8.54. The maximum atomic E-state index is 3.99. The first-order valence-electron chi connectivity index (χ1n) is 21.5. The van der Waals surface area contributed by atoms with Crippen LogP contribution < -0.4 is 10.2 Å². The predicted molar refractivity (Wildman–Crippen MR) is 221 cm³/mol. The first kappa shape index (κ1) is 33.2. The number of benzene rings is 2. The molecule has 12 atom stereocenters. The van der Waals surface area contributed by atoms with Gasteiger partial charge in [0.05, 0.1) is 6.04 Å². The average Bonchev–Trinajstić information content (AvgIpc) is 3.74. The molecule has 276 valence electrons.